The van der Waals surface area contributed by atoms with Gasteiger partial charge in [0, 0.05) is 26.2 Å². The van der Waals surface area contributed by atoms with E-state index in [1.807, 2.05) is 32.3 Å². The van der Waals surface area contributed by atoms with Gasteiger partial charge in [-0.25, -0.2) is 0 Å². The van der Waals surface area contributed by atoms with E-state index in [4.69, 9.17) is 0 Å². The summed E-state index contributed by atoms with van der Waals surface area (Å²) in [5, 5.41) is 0. The lowest BCUT2D eigenvalue weighted by Gasteiger charge is -2.15. The van der Waals surface area contributed by atoms with Crippen LogP contribution in [-0.4, -0.2) is 31.4 Å². The third-order valence-electron chi connectivity index (χ3n) is 1.94. The Labute approximate surface area is 86.3 Å². The van der Waals surface area contributed by atoms with Crippen molar-refractivity contribution in [2.75, 3.05) is 20.6 Å². The van der Waals surface area contributed by atoms with Crippen LogP contribution in [-0.2, 0) is 0 Å². The average molecular weight is 190 g/mol. The molecular formula is C12H18N2. The molecule has 0 amide bonds. The molecule has 0 aliphatic carbocycles. The van der Waals surface area contributed by atoms with Crippen LogP contribution in [0.3, 0.4) is 0 Å². The van der Waals surface area contributed by atoms with Crippen molar-refractivity contribution in [3.8, 4) is 0 Å². The van der Waals surface area contributed by atoms with Gasteiger partial charge in [0.05, 0.1) is 0 Å². The first-order chi connectivity index (χ1) is 6.75. The summed E-state index contributed by atoms with van der Waals surface area (Å²) in [4.78, 5) is 6.62. The zero-order valence-electron chi connectivity index (χ0n) is 9.20. The summed E-state index contributed by atoms with van der Waals surface area (Å²) in [6.07, 6.45) is 1.09. The summed E-state index contributed by atoms with van der Waals surface area (Å²) in [5.74, 6) is 1.06. The van der Waals surface area contributed by atoms with E-state index in [2.05, 4.69) is 28.9 Å². The van der Waals surface area contributed by atoms with Gasteiger partial charge in [0.1, 0.15) is 5.84 Å². The molecule has 2 heteroatoms. The Morgan fingerprint density at radius 3 is 2.36 bits per heavy atom. The van der Waals surface area contributed by atoms with Crippen LogP contribution >= 0.6 is 0 Å². The van der Waals surface area contributed by atoms with Crippen molar-refractivity contribution >= 4 is 5.84 Å². The van der Waals surface area contributed by atoms with E-state index >= 15 is 0 Å². The van der Waals surface area contributed by atoms with E-state index in [1.54, 1.807) is 0 Å². The van der Waals surface area contributed by atoms with Crippen LogP contribution in [0.4, 0.5) is 0 Å². The van der Waals surface area contributed by atoms with Crippen molar-refractivity contribution in [1.82, 2.24) is 4.90 Å². The monoisotopic (exact) mass is 190 g/mol. The van der Waals surface area contributed by atoms with E-state index in [-0.39, 0.29) is 0 Å². The molecule has 0 saturated heterocycles. The summed E-state index contributed by atoms with van der Waals surface area (Å²) < 4.78 is 0. The number of amidine groups is 1. The highest BCUT2D eigenvalue weighted by atomic mass is 15.1. The minimum Gasteiger partial charge on any atom is -0.363 e. The van der Waals surface area contributed by atoms with Gasteiger partial charge in [-0.2, -0.15) is 0 Å². The number of hydrogen-bond acceptors (Lipinski definition) is 1. The molecule has 1 rings (SSSR count). The number of rotatable bonds is 3. The SMILES string of the molecule is CCCN=C(c1ccccc1)N(C)C. The summed E-state index contributed by atoms with van der Waals surface area (Å²) in [7, 11) is 4.06. The van der Waals surface area contributed by atoms with Gasteiger partial charge in [0.25, 0.3) is 0 Å². The first-order valence-corrected chi connectivity index (χ1v) is 5.03. The molecule has 0 spiro atoms. The van der Waals surface area contributed by atoms with Gasteiger partial charge < -0.3 is 4.90 Å². The fraction of sp³-hybridized carbons (Fsp3) is 0.417. The summed E-state index contributed by atoms with van der Waals surface area (Å²) in [6.45, 7) is 3.03. The van der Waals surface area contributed by atoms with Gasteiger partial charge in [0.15, 0.2) is 0 Å². The molecule has 0 bridgehead atoms. The smallest absolute Gasteiger partial charge is 0.130 e. The molecule has 76 valence electrons. The average Bonchev–Trinajstić information content (AvgIpc) is 2.19. The Bertz CT molecular complexity index is 288. The quantitative estimate of drug-likeness (QED) is 0.528. The van der Waals surface area contributed by atoms with Gasteiger partial charge in [-0.15, -0.1) is 0 Å². The van der Waals surface area contributed by atoms with Crippen molar-refractivity contribution in [3.63, 3.8) is 0 Å². The molecule has 0 aromatic heterocycles. The molecule has 0 heterocycles. The molecule has 0 fully saturated rings. The second-order valence-electron chi connectivity index (χ2n) is 3.47. The molecule has 2 nitrogen and oxygen atoms in total. The lowest BCUT2D eigenvalue weighted by molar-refractivity contribution is 0.618. The highest BCUT2D eigenvalue weighted by Gasteiger charge is 2.03. The number of benzene rings is 1. The maximum absolute atomic E-state index is 4.55. The minimum absolute atomic E-state index is 0.891. The molecule has 0 aliphatic rings. The topological polar surface area (TPSA) is 15.6 Å². The lowest BCUT2D eigenvalue weighted by Crippen LogP contribution is -2.23. The first-order valence-electron chi connectivity index (χ1n) is 5.03. The zero-order valence-corrected chi connectivity index (χ0v) is 9.20. The molecule has 0 unspecified atom stereocenters. The molecule has 1 aromatic carbocycles. The summed E-state index contributed by atoms with van der Waals surface area (Å²) in [6, 6.07) is 10.3. The largest absolute Gasteiger partial charge is 0.363 e. The maximum atomic E-state index is 4.55. The molecule has 14 heavy (non-hydrogen) atoms. The van der Waals surface area contributed by atoms with E-state index in [9.17, 15) is 0 Å². The molecule has 0 atom stereocenters. The molecule has 0 N–H and O–H groups in total. The highest BCUT2D eigenvalue weighted by molar-refractivity contribution is 5.98. The predicted octanol–water partition coefficient (Wildman–Crippen LogP) is 2.40. The Hall–Kier alpha value is -1.31. The number of aliphatic imine (C=N–C) groups is 1. The highest BCUT2D eigenvalue weighted by Crippen LogP contribution is 2.03. The van der Waals surface area contributed by atoms with E-state index in [0.717, 1.165) is 18.8 Å². The van der Waals surface area contributed by atoms with Crippen molar-refractivity contribution in [2.45, 2.75) is 13.3 Å². The van der Waals surface area contributed by atoms with E-state index < -0.39 is 0 Å². The molecule has 0 aliphatic heterocycles. The van der Waals surface area contributed by atoms with Gasteiger partial charge in [-0.3, -0.25) is 4.99 Å². The molecule has 0 saturated carbocycles. The van der Waals surface area contributed by atoms with E-state index in [0.29, 0.717) is 0 Å². The second-order valence-corrected chi connectivity index (χ2v) is 3.47. The summed E-state index contributed by atoms with van der Waals surface area (Å²) >= 11 is 0. The Morgan fingerprint density at radius 2 is 1.86 bits per heavy atom. The van der Waals surface area contributed by atoms with Crippen molar-refractivity contribution < 1.29 is 0 Å². The second kappa shape index (κ2) is 5.43. The predicted molar refractivity (Wildman–Crippen MR) is 61.8 cm³/mol. The summed E-state index contributed by atoms with van der Waals surface area (Å²) in [5.41, 5.74) is 1.19. The van der Waals surface area contributed by atoms with Gasteiger partial charge in [-0.05, 0) is 6.42 Å². The third-order valence-corrected chi connectivity index (χ3v) is 1.94. The van der Waals surface area contributed by atoms with Crippen molar-refractivity contribution in [3.05, 3.63) is 35.9 Å². The Balaban J connectivity index is 2.89. The van der Waals surface area contributed by atoms with E-state index in [1.165, 1.54) is 5.56 Å². The maximum Gasteiger partial charge on any atom is 0.130 e. The standard InChI is InChI=1S/C12H18N2/c1-4-10-13-12(14(2)3)11-8-6-5-7-9-11/h5-9H,4,10H2,1-3H3. The molecule has 0 radical (unpaired) electrons. The Kier molecular flexibility index (Phi) is 4.17. The van der Waals surface area contributed by atoms with Crippen LogP contribution in [0.1, 0.15) is 18.9 Å². The minimum atomic E-state index is 0.891. The molecular weight excluding hydrogens is 172 g/mol. The third kappa shape index (κ3) is 2.87. The van der Waals surface area contributed by atoms with Crippen LogP contribution in [0.2, 0.25) is 0 Å². The van der Waals surface area contributed by atoms with Crippen LogP contribution in [0, 0.1) is 0 Å². The van der Waals surface area contributed by atoms with Crippen molar-refractivity contribution in [1.29, 1.82) is 0 Å². The fourth-order valence-corrected chi connectivity index (χ4v) is 1.30. The number of hydrogen-bond donors (Lipinski definition) is 0. The van der Waals surface area contributed by atoms with Crippen LogP contribution in [0.25, 0.3) is 0 Å². The van der Waals surface area contributed by atoms with Crippen LogP contribution < -0.4 is 0 Å². The first kappa shape index (κ1) is 10.8. The molecule has 1 aromatic rings. The fourth-order valence-electron chi connectivity index (χ4n) is 1.30. The lowest BCUT2D eigenvalue weighted by atomic mass is 10.2. The van der Waals surface area contributed by atoms with Crippen molar-refractivity contribution in [2.24, 2.45) is 4.99 Å². The van der Waals surface area contributed by atoms with Gasteiger partial charge in [0.2, 0.25) is 0 Å². The normalized spacial score (nSPS) is 11.5. The Morgan fingerprint density at radius 1 is 1.21 bits per heavy atom. The van der Waals surface area contributed by atoms with Crippen LogP contribution in [0.15, 0.2) is 35.3 Å². The van der Waals surface area contributed by atoms with Crippen LogP contribution in [0.5, 0.6) is 0 Å². The number of nitrogens with zero attached hydrogens (tertiary/aromatic N) is 2. The zero-order chi connectivity index (χ0) is 10.4. The van der Waals surface area contributed by atoms with Gasteiger partial charge >= 0.3 is 0 Å². The van der Waals surface area contributed by atoms with Gasteiger partial charge in [-0.1, -0.05) is 37.3 Å².